The molecule has 0 radical (unpaired) electrons. The summed E-state index contributed by atoms with van der Waals surface area (Å²) in [6.07, 6.45) is -3.21. The maximum absolute atomic E-state index is 12.8. The smallest absolute Gasteiger partial charge is 0.293 e. The predicted octanol–water partition coefficient (Wildman–Crippen LogP) is 5.35. The fourth-order valence-corrected chi connectivity index (χ4v) is 3.91. The molecule has 5 heteroatoms. The molecule has 3 atom stereocenters. The second-order valence-corrected chi connectivity index (χ2v) is 8.23. The molecular weight excluding hydrogens is 325 g/mol. The van der Waals surface area contributed by atoms with Crippen LogP contribution >= 0.6 is 0 Å². The van der Waals surface area contributed by atoms with E-state index in [9.17, 15) is 13.2 Å². The van der Waals surface area contributed by atoms with Gasteiger partial charge in [0.05, 0.1) is 5.56 Å². The van der Waals surface area contributed by atoms with Crippen LogP contribution in [0.25, 0.3) is 0 Å². The molecule has 0 unspecified atom stereocenters. The van der Waals surface area contributed by atoms with E-state index in [4.69, 9.17) is 0 Å². The monoisotopic (exact) mass is 356 g/mol. The Morgan fingerprint density at radius 3 is 2.08 bits per heavy atom. The third-order valence-corrected chi connectivity index (χ3v) is 5.44. The third kappa shape index (κ3) is 4.56. The van der Waals surface area contributed by atoms with E-state index in [0.29, 0.717) is 12.1 Å². The van der Waals surface area contributed by atoms with Crippen LogP contribution in [-0.2, 0) is 6.18 Å². The molecular formula is C20H31F3N2. The highest BCUT2D eigenvalue weighted by Crippen LogP contribution is 2.33. The normalized spacial score (nSPS) is 25.2. The lowest BCUT2D eigenvalue weighted by atomic mass is 9.94. The minimum Gasteiger partial charge on any atom is -0.293 e. The number of piperazine rings is 1. The van der Waals surface area contributed by atoms with Crippen LogP contribution in [0.3, 0.4) is 0 Å². The van der Waals surface area contributed by atoms with Gasteiger partial charge in [0.2, 0.25) is 0 Å². The summed E-state index contributed by atoms with van der Waals surface area (Å²) in [7, 11) is 0. The molecule has 0 saturated carbocycles. The van der Waals surface area contributed by atoms with Crippen LogP contribution in [0.1, 0.15) is 65.1 Å². The number of nitrogens with zero attached hydrogens (tertiary/aromatic N) is 2. The molecule has 0 bridgehead atoms. The molecule has 142 valence electrons. The zero-order valence-electron chi connectivity index (χ0n) is 16.2. The molecule has 1 aliphatic heterocycles. The molecule has 25 heavy (non-hydrogen) atoms. The zero-order valence-corrected chi connectivity index (χ0v) is 16.2. The van der Waals surface area contributed by atoms with Crippen molar-refractivity contribution in [1.29, 1.82) is 0 Å². The molecule has 0 aliphatic carbocycles. The van der Waals surface area contributed by atoms with E-state index in [1.54, 1.807) is 12.1 Å². The van der Waals surface area contributed by atoms with Crippen molar-refractivity contribution in [2.75, 3.05) is 13.1 Å². The van der Waals surface area contributed by atoms with Crippen molar-refractivity contribution in [1.82, 2.24) is 9.80 Å². The van der Waals surface area contributed by atoms with Gasteiger partial charge in [0.25, 0.3) is 0 Å². The molecule has 0 spiro atoms. The lowest BCUT2D eigenvalue weighted by molar-refractivity contribution is -0.137. The van der Waals surface area contributed by atoms with Gasteiger partial charge in [-0.3, -0.25) is 9.80 Å². The molecule has 1 aliphatic rings. The highest BCUT2D eigenvalue weighted by Gasteiger charge is 2.38. The summed E-state index contributed by atoms with van der Waals surface area (Å²) in [5.74, 6) is 0. The van der Waals surface area contributed by atoms with Crippen molar-refractivity contribution in [3.05, 3.63) is 35.4 Å². The number of rotatable bonds is 3. The molecule has 0 aromatic heterocycles. The summed E-state index contributed by atoms with van der Waals surface area (Å²) < 4.78 is 38.3. The highest BCUT2D eigenvalue weighted by molar-refractivity contribution is 5.27. The largest absolute Gasteiger partial charge is 0.416 e. The number of benzene rings is 1. The van der Waals surface area contributed by atoms with Crippen LogP contribution in [0.15, 0.2) is 24.3 Å². The molecule has 0 amide bonds. The van der Waals surface area contributed by atoms with Crippen LogP contribution in [0.4, 0.5) is 13.2 Å². The topological polar surface area (TPSA) is 6.48 Å². The van der Waals surface area contributed by atoms with E-state index in [1.807, 2.05) is 0 Å². The Bertz CT molecular complexity index is 560. The Kier molecular flexibility index (Phi) is 5.89. The second kappa shape index (κ2) is 7.28. The molecule has 2 nitrogen and oxygen atoms in total. The fourth-order valence-electron chi connectivity index (χ4n) is 3.91. The van der Waals surface area contributed by atoms with Crippen LogP contribution < -0.4 is 0 Å². The summed E-state index contributed by atoms with van der Waals surface area (Å²) in [5.41, 5.74) is 0.484. The minimum absolute atomic E-state index is 0.105. The van der Waals surface area contributed by atoms with E-state index in [1.165, 1.54) is 12.1 Å². The SMILES string of the molecule is CC[C@H]1CN([C@@H](C)c2ccc(C(F)(F)F)cc2)[C@H](C)CN1C(C)(C)C. The van der Waals surface area contributed by atoms with E-state index in [0.717, 1.165) is 25.1 Å². The van der Waals surface area contributed by atoms with E-state index in [2.05, 4.69) is 51.3 Å². The summed E-state index contributed by atoms with van der Waals surface area (Å²) >= 11 is 0. The summed E-state index contributed by atoms with van der Waals surface area (Å²) in [5, 5.41) is 0. The number of alkyl halides is 3. The van der Waals surface area contributed by atoms with Crippen molar-refractivity contribution in [2.24, 2.45) is 0 Å². The van der Waals surface area contributed by atoms with Gasteiger partial charge in [0.1, 0.15) is 0 Å². The maximum Gasteiger partial charge on any atom is 0.416 e. The van der Waals surface area contributed by atoms with E-state index < -0.39 is 11.7 Å². The molecule has 1 aromatic carbocycles. The van der Waals surface area contributed by atoms with Crippen molar-refractivity contribution >= 4 is 0 Å². The van der Waals surface area contributed by atoms with E-state index in [-0.39, 0.29) is 11.6 Å². The van der Waals surface area contributed by atoms with Gasteiger partial charge < -0.3 is 0 Å². The van der Waals surface area contributed by atoms with Crippen LogP contribution in [0, 0.1) is 0 Å². The molecule has 0 N–H and O–H groups in total. The van der Waals surface area contributed by atoms with Crippen molar-refractivity contribution in [3.8, 4) is 0 Å². The third-order valence-electron chi connectivity index (χ3n) is 5.44. The number of hydrogen-bond acceptors (Lipinski definition) is 2. The van der Waals surface area contributed by atoms with Gasteiger partial charge in [-0.05, 0) is 58.7 Å². The lowest BCUT2D eigenvalue weighted by Gasteiger charge is -2.52. The van der Waals surface area contributed by atoms with Gasteiger partial charge in [0, 0.05) is 36.8 Å². The minimum atomic E-state index is -4.28. The maximum atomic E-state index is 12.8. The molecule has 1 aromatic rings. The van der Waals surface area contributed by atoms with Gasteiger partial charge >= 0.3 is 6.18 Å². The molecule has 1 heterocycles. The van der Waals surface area contributed by atoms with Gasteiger partial charge in [-0.15, -0.1) is 0 Å². The Morgan fingerprint density at radius 2 is 1.64 bits per heavy atom. The van der Waals surface area contributed by atoms with Crippen molar-refractivity contribution in [3.63, 3.8) is 0 Å². The molecule has 1 saturated heterocycles. The van der Waals surface area contributed by atoms with Gasteiger partial charge in [-0.2, -0.15) is 13.2 Å². The first-order chi connectivity index (χ1) is 11.4. The first kappa shape index (κ1) is 20.2. The molecule has 1 fully saturated rings. The van der Waals surface area contributed by atoms with Crippen molar-refractivity contribution < 1.29 is 13.2 Å². The fraction of sp³-hybridized carbons (Fsp3) is 0.700. The number of halogens is 3. The average Bonchev–Trinajstić information content (AvgIpc) is 2.52. The van der Waals surface area contributed by atoms with Gasteiger partial charge in [-0.1, -0.05) is 19.1 Å². The molecule has 2 rings (SSSR count). The predicted molar refractivity (Wildman–Crippen MR) is 96.6 cm³/mol. The van der Waals surface area contributed by atoms with Gasteiger partial charge in [-0.25, -0.2) is 0 Å². The van der Waals surface area contributed by atoms with Crippen LogP contribution in [-0.4, -0.2) is 40.5 Å². The second-order valence-electron chi connectivity index (χ2n) is 8.23. The first-order valence-electron chi connectivity index (χ1n) is 9.14. The Hall–Kier alpha value is -1.07. The standard InChI is InChI=1S/C20H31F3N2/c1-7-18-13-24(14(2)12-25(18)19(4,5)6)15(3)16-8-10-17(11-9-16)20(21,22)23/h8-11,14-15,18H,7,12-13H2,1-6H3/t14-,15+,18+/m1/s1. The van der Waals surface area contributed by atoms with Crippen molar-refractivity contribution in [2.45, 2.75) is 77.8 Å². The summed E-state index contributed by atoms with van der Waals surface area (Å²) in [4.78, 5) is 4.99. The highest BCUT2D eigenvalue weighted by atomic mass is 19.4. The Balaban J connectivity index is 2.18. The first-order valence-corrected chi connectivity index (χ1v) is 9.14. The van der Waals surface area contributed by atoms with Crippen LogP contribution in [0.5, 0.6) is 0 Å². The lowest BCUT2D eigenvalue weighted by Crippen LogP contribution is -2.62. The van der Waals surface area contributed by atoms with E-state index >= 15 is 0 Å². The van der Waals surface area contributed by atoms with Crippen LogP contribution in [0.2, 0.25) is 0 Å². The van der Waals surface area contributed by atoms with Gasteiger partial charge in [0.15, 0.2) is 0 Å². The Morgan fingerprint density at radius 1 is 1.08 bits per heavy atom. The quantitative estimate of drug-likeness (QED) is 0.720. The average molecular weight is 356 g/mol. The summed E-state index contributed by atoms with van der Waals surface area (Å²) in [6.45, 7) is 15.2. The zero-order chi connectivity index (χ0) is 19.0. The Labute approximate surface area is 150 Å². The number of hydrogen-bond donors (Lipinski definition) is 0. The summed E-state index contributed by atoms with van der Waals surface area (Å²) in [6, 6.07) is 6.56.